The number of nitriles is 1. The molecular formula is C22H24F3NO2. The number of hydrogen-bond acceptors (Lipinski definition) is 3. The predicted octanol–water partition coefficient (Wildman–Crippen LogP) is 5.72. The average Bonchev–Trinajstić information content (AvgIpc) is 2.71. The first-order valence-corrected chi connectivity index (χ1v) is 9.89. The highest BCUT2D eigenvalue weighted by Crippen LogP contribution is 2.37. The van der Waals surface area contributed by atoms with Crippen molar-refractivity contribution < 1.29 is 22.7 Å². The van der Waals surface area contributed by atoms with Gasteiger partial charge in [-0.2, -0.15) is 9.65 Å². The molecule has 2 aliphatic rings. The SMILES string of the molecule is N#C/C(F)=C\C1CCC(OC(=O)C2CCC(c3ccc(F)c(F)c3)CC2)CC1. The van der Waals surface area contributed by atoms with Crippen LogP contribution in [0, 0.1) is 34.8 Å². The highest BCUT2D eigenvalue weighted by atomic mass is 19.2. The molecule has 6 heteroatoms. The van der Waals surface area contributed by atoms with E-state index in [-0.39, 0.29) is 29.8 Å². The van der Waals surface area contributed by atoms with Crippen molar-refractivity contribution in [2.45, 2.75) is 63.4 Å². The molecule has 0 radical (unpaired) electrons. The summed E-state index contributed by atoms with van der Waals surface area (Å²) >= 11 is 0. The maximum Gasteiger partial charge on any atom is 0.309 e. The van der Waals surface area contributed by atoms with Crippen molar-refractivity contribution in [3.63, 3.8) is 0 Å². The number of hydrogen-bond donors (Lipinski definition) is 0. The van der Waals surface area contributed by atoms with Crippen molar-refractivity contribution in [1.82, 2.24) is 0 Å². The lowest BCUT2D eigenvalue weighted by Gasteiger charge is -2.31. The van der Waals surface area contributed by atoms with E-state index >= 15 is 0 Å². The van der Waals surface area contributed by atoms with Crippen LogP contribution in [-0.4, -0.2) is 12.1 Å². The molecule has 0 saturated heterocycles. The fourth-order valence-electron chi connectivity index (χ4n) is 4.31. The maximum atomic E-state index is 13.4. The smallest absolute Gasteiger partial charge is 0.309 e. The first-order chi connectivity index (χ1) is 13.5. The van der Waals surface area contributed by atoms with Gasteiger partial charge in [-0.1, -0.05) is 6.07 Å². The number of halogens is 3. The summed E-state index contributed by atoms with van der Waals surface area (Å²) < 4.78 is 45.2. The molecule has 28 heavy (non-hydrogen) atoms. The highest BCUT2D eigenvalue weighted by molar-refractivity contribution is 5.72. The highest BCUT2D eigenvalue weighted by Gasteiger charge is 2.31. The molecule has 0 aromatic heterocycles. The van der Waals surface area contributed by atoms with Crippen molar-refractivity contribution in [3.8, 4) is 6.07 Å². The second-order valence-corrected chi connectivity index (χ2v) is 7.82. The summed E-state index contributed by atoms with van der Waals surface area (Å²) in [5.74, 6) is -2.61. The number of carbonyl (C=O) groups excluding carboxylic acids is 1. The molecule has 2 saturated carbocycles. The lowest BCUT2D eigenvalue weighted by Crippen LogP contribution is -2.29. The van der Waals surface area contributed by atoms with Gasteiger partial charge >= 0.3 is 5.97 Å². The summed E-state index contributed by atoms with van der Waals surface area (Å²) in [6, 6.07) is 5.51. The van der Waals surface area contributed by atoms with E-state index in [9.17, 15) is 18.0 Å². The summed E-state index contributed by atoms with van der Waals surface area (Å²) in [5, 5.41) is 8.50. The Morgan fingerprint density at radius 3 is 2.32 bits per heavy atom. The van der Waals surface area contributed by atoms with Crippen LogP contribution in [-0.2, 0) is 9.53 Å². The van der Waals surface area contributed by atoms with E-state index in [2.05, 4.69) is 0 Å². The molecule has 150 valence electrons. The van der Waals surface area contributed by atoms with Gasteiger partial charge < -0.3 is 4.74 Å². The molecule has 0 spiro atoms. The number of esters is 1. The van der Waals surface area contributed by atoms with E-state index in [1.165, 1.54) is 18.2 Å². The van der Waals surface area contributed by atoms with Gasteiger partial charge in [0.15, 0.2) is 17.5 Å². The van der Waals surface area contributed by atoms with Gasteiger partial charge in [-0.25, -0.2) is 8.78 Å². The standard InChI is InChI=1S/C22H24F3NO2/c23-18(13-26)11-14-1-8-19(9-2-14)28-22(27)16-5-3-15(4-6-16)17-7-10-20(24)21(25)12-17/h7,10-12,14-16,19H,1-6,8-9H2/b18-11+. The molecular weight excluding hydrogens is 367 g/mol. The van der Waals surface area contributed by atoms with Gasteiger partial charge in [-0.05, 0) is 87.0 Å². The Labute approximate surface area is 163 Å². The molecule has 0 amide bonds. The molecule has 0 bridgehead atoms. The van der Waals surface area contributed by atoms with Crippen LogP contribution < -0.4 is 0 Å². The molecule has 0 unspecified atom stereocenters. The normalized spacial score (nSPS) is 28.4. The van der Waals surface area contributed by atoms with Crippen molar-refractivity contribution in [2.75, 3.05) is 0 Å². The fourth-order valence-corrected chi connectivity index (χ4v) is 4.31. The zero-order chi connectivity index (χ0) is 20.1. The molecule has 1 aromatic carbocycles. The van der Waals surface area contributed by atoms with Crippen molar-refractivity contribution in [2.24, 2.45) is 11.8 Å². The van der Waals surface area contributed by atoms with Crippen molar-refractivity contribution >= 4 is 5.97 Å². The van der Waals surface area contributed by atoms with Gasteiger partial charge in [0.25, 0.3) is 0 Å². The molecule has 1 aromatic rings. The number of carbonyl (C=O) groups is 1. The van der Waals surface area contributed by atoms with E-state index in [4.69, 9.17) is 10.00 Å². The van der Waals surface area contributed by atoms with Gasteiger partial charge in [0.1, 0.15) is 12.2 Å². The molecule has 2 aliphatic carbocycles. The zero-order valence-electron chi connectivity index (χ0n) is 15.7. The van der Waals surface area contributed by atoms with Gasteiger partial charge in [0.2, 0.25) is 0 Å². The maximum absolute atomic E-state index is 13.4. The van der Waals surface area contributed by atoms with Crippen LogP contribution in [0.15, 0.2) is 30.1 Å². The summed E-state index contributed by atoms with van der Waals surface area (Å²) in [6.45, 7) is 0. The number of ether oxygens (including phenoxy) is 1. The Morgan fingerprint density at radius 1 is 1.04 bits per heavy atom. The Bertz CT molecular complexity index is 770. The van der Waals surface area contributed by atoms with Crippen LogP contribution in [0.1, 0.15) is 62.8 Å². The van der Waals surface area contributed by atoms with Gasteiger partial charge in [-0.3, -0.25) is 4.79 Å². The van der Waals surface area contributed by atoms with Gasteiger partial charge in [-0.15, -0.1) is 0 Å². The third-order valence-electron chi connectivity index (χ3n) is 5.97. The first-order valence-electron chi connectivity index (χ1n) is 9.89. The van der Waals surface area contributed by atoms with Crippen molar-refractivity contribution in [3.05, 3.63) is 47.3 Å². The fraction of sp³-hybridized carbons (Fsp3) is 0.545. The molecule has 0 aliphatic heterocycles. The molecule has 2 fully saturated rings. The minimum Gasteiger partial charge on any atom is -0.462 e. The third-order valence-corrected chi connectivity index (χ3v) is 5.97. The van der Waals surface area contributed by atoms with E-state index in [0.29, 0.717) is 38.5 Å². The molecule has 0 atom stereocenters. The molecule has 3 rings (SSSR count). The van der Waals surface area contributed by atoms with Crippen LogP contribution >= 0.6 is 0 Å². The molecule has 0 heterocycles. The number of rotatable bonds is 4. The largest absolute Gasteiger partial charge is 0.462 e. The van der Waals surface area contributed by atoms with E-state index < -0.39 is 17.5 Å². The number of allylic oxidation sites excluding steroid dienone is 2. The first kappa shape index (κ1) is 20.4. The third kappa shape index (κ3) is 5.15. The topological polar surface area (TPSA) is 50.1 Å². The zero-order valence-corrected chi connectivity index (χ0v) is 15.7. The summed E-state index contributed by atoms with van der Waals surface area (Å²) in [7, 11) is 0. The van der Waals surface area contributed by atoms with Crippen LogP contribution in [0.25, 0.3) is 0 Å². The van der Waals surface area contributed by atoms with Gasteiger partial charge in [0, 0.05) is 0 Å². The molecule has 0 N–H and O–H groups in total. The quantitative estimate of drug-likeness (QED) is 0.487. The summed E-state index contributed by atoms with van der Waals surface area (Å²) in [6.07, 6.45) is 6.81. The van der Waals surface area contributed by atoms with Gasteiger partial charge in [0.05, 0.1) is 5.92 Å². The minimum absolute atomic E-state index is 0.0288. The summed E-state index contributed by atoms with van der Waals surface area (Å²) in [5.41, 5.74) is 0.779. The lowest BCUT2D eigenvalue weighted by atomic mass is 9.78. The van der Waals surface area contributed by atoms with E-state index in [1.807, 2.05) is 0 Å². The van der Waals surface area contributed by atoms with E-state index in [0.717, 1.165) is 24.5 Å². The predicted molar refractivity (Wildman–Crippen MR) is 97.7 cm³/mol. The Kier molecular flexibility index (Phi) is 6.77. The minimum atomic E-state index is -0.846. The molecule has 3 nitrogen and oxygen atoms in total. The Balaban J connectivity index is 1.44. The Morgan fingerprint density at radius 2 is 1.71 bits per heavy atom. The second kappa shape index (κ2) is 9.27. The average molecular weight is 391 g/mol. The Hall–Kier alpha value is -2.29. The van der Waals surface area contributed by atoms with E-state index in [1.54, 1.807) is 6.07 Å². The van der Waals surface area contributed by atoms with Crippen LogP contribution in [0.2, 0.25) is 0 Å². The second-order valence-electron chi connectivity index (χ2n) is 7.82. The van der Waals surface area contributed by atoms with Crippen LogP contribution in [0.3, 0.4) is 0 Å². The summed E-state index contributed by atoms with van der Waals surface area (Å²) in [4.78, 5) is 12.5. The number of benzene rings is 1. The number of nitrogens with zero attached hydrogens (tertiary/aromatic N) is 1. The van der Waals surface area contributed by atoms with Crippen LogP contribution in [0.5, 0.6) is 0 Å². The monoisotopic (exact) mass is 391 g/mol. The lowest BCUT2D eigenvalue weighted by molar-refractivity contribution is -0.157. The van der Waals surface area contributed by atoms with Crippen molar-refractivity contribution in [1.29, 1.82) is 5.26 Å². The van der Waals surface area contributed by atoms with Crippen LogP contribution in [0.4, 0.5) is 13.2 Å².